The number of hydrogen-bond acceptors (Lipinski definition) is 3. The smallest absolute Gasteiger partial charge is 0.191 e. The van der Waals surface area contributed by atoms with Crippen LogP contribution in [0, 0.1) is 0 Å². The number of guanidine groups is 1. The van der Waals surface area contributed by atoms with Gasteiger partial charge < -0.3 is 15.4 Å². The summed E-state index contributed by atoms with van der Waals surface area (Å²) in [5.41, 5.74) is 0. The molecule has 0 amide bonds. The SMILES string of the molecule is CCOCCNC(=NC)NC1CCC(SC)C1.I. The molecular weight excluding hydrogens is 361 g/mol. The molecule has 6 heteroatoms. The summed E-state index contributed by atoms with van der Waals surface area (Å²) in [5.74, 6) is 0.899. The van der Waals surface area contributed by atoms with E-state index in [1.54, 1.807) is 0 Å². The fraction of sp³-hybridized carbons (Fsp3) is 0.917. The van der Waals surface area contributed by atoms with Crippen molar-refractivity contribution in [3.8, 4) is 0 Å². The topological polar surface area (TPSA) is 45.6 Å². The van der Waals surface area contributed by atoms with Crippen molar-refractivity contribution in [3.63, 3.8) is 0 Å². The van der Waals surface area contributed by atoms with E-state index in [-0.39, 0.29) is 24.0 Å². The Kier molecular flexibility index (Phi) is 11.4. The first-order chi connectivity index (χ1) is 8.30. The van der Waals surface area contributed by atoms with E-state index in [9.17, 15) is 0 Å². The summed E-state index contributed by atoms with van der Waals surface area (Å²) in [5, 5.41) is 7.56. The number of nitrogens with zero attached hydrogens (tertiary/aromatic N) is 1. The molecule has 1 saturated carbocycles. The van der Waals surface area contributed by atoms with Gasteiger partial charge in [-0.25, -0.2) is 0 Å². The Bertz CT molecular complexity index is 241. The van der Waals surface area contributed by atoms with E-state index in [1.807, 2.05) is 25.7 Å². The van der Waals surface area contributed by atoms with Gasteiger partial charge >= 0.3 is 0 Å². The molecule has 0 bridgehead atoms. The quantitative estimate of drug-likeness (QED) is 0.317. The van der Waals surface area contributed by atoms with Crippen molar-refractivity contribution in [3.05, 3.63) is 0 Å². The van der Waals surface area contributed by atoms with Crippen molar-refractivity contribution in [2.45, 2.75) is 37.5 Å². The van der Waals surface area contributed by atoms with Crippen LogP contribution in [-0.4, -0.2) is 50.3 Å². The summed E-state index contributed by atoms with van der Waals surface area (Å²) in [7, 11) is 1.82. The molecule has 0 aromatic carbocycles. The molecular formula is C12H26IN3OS. The highest BCUT2D eigenvalue weighted by Crippen LogP contribution is 2.27. The van der Waals surface area contributed by atoms with Crippen LogP contribution in [0.1, 0.15) is 26.2 Å². The molecule has 0 aliphatic heterocycles. The van der Waals surface area contributed by atoms with E-state index in [4.69, 9.17) is 4.74 Å². The van der Waals surface area contributed by atoms with Gasteiger partial charge in [-0.1, -0.05) is 0 Å². The first kappa shape index (κ1) is 18.3. The minimum atomic E-state index is 0. The number of ether oxygens (including phenoxy) is 1. The second-order valence-electron chi connectivity index (χ2n) is 4.21. The number of halogens is 1. The second kappa shape index (κ2) is 11.2. The summed E-state index contributed by atoms with van der Waals surface area (Å²) >= 11 is 1.98. The lowest BCUT2D eigenvalue weighted by Gasteiger charge is -2.17. The predicted molar refractivity (Wildman–Crippen MR) is 91.3 cm³/mol. The van der Waals surface area contributed by atoms with E-state index in [1.165, 1.54) is 19.3 Å². The molecule has 0 saturated heterocycles. The monoisotopic (exact) mass is 387 g/mol. The Labute approximate surface area is 132 Å². The molecule has 4 nitrogen and oxygen atoms in total. The number of rotatable bonds is 6. The Hall–Kier alpha value is 0.310. The zero-order valence-electron chi connectivity index (χ0n) is 11.6. The highest BCUT2D eigenvalue weighted by atomic mass is 127. The van der Waals surface area contributed by atoms with Gasteiger partial charge in [0, 0.05) is 31.5 Å². The third-order valence-electron chi connectivity index (χ3n) is 3.03. The van der Waals surface area contributed by atoms with Crippen LogP contribution in [0.5, 0.6) is 0 Å². The van der Waals surface area contributed by atoms with Gasteiger partial charge in [-0.05, 0) is 32.4 Å². The second-order valence-corrected chi connectivity index (χ2v) is 5.35. The molecule has 1 aliphatic rings. The number of thioether (sulfide) groups is 1. The van der Waals surface area contributed by atoms with Crippen molar-refractivity contribution in [1.82, 2.24) is 10.6 Å². The van der Waals surface area contributed by atoms with Gasteiger partial charge in [0.05, 0.1) is 6.61 Å². The van der Waals surface area contributed by atoms with Gasteiger partial charge in [0.15, 0.2) is 5.96 Å². The maximum absolute atomic E-state index is 5.28. The van der Waals surface area contributed by atoms with E-state index < -0.39 is 0 Å². The average molecular weight is 387 g/mol. The Balaban J connectivity index is 0.00000289. The van der Waals surface area contributed by atoms with Gasteiger partial charge in [0.2, 0.25) is 0 Å². The van der Waals surface area contributed by atoms with Crippen LogP contribution in [0.4, 0.5) is 0 Å². The summed E-state index contributed by atoms with van der Waals surface area (Å²) < 4.78 is 5.28. The highest BCUT2D eigenvalue weighted by molar-refractivity contribution is 14.0. The fourth-order valence-electron chi connectivity index (χ4n) is 2.06. The Morgan fingerprint density at radius 3 is 2.78 bits per heavy atom. The molecule has 1 aliphatic carbocycles. The Morgan fingerprint density at radius 2 is 2.22 bits per heavy atom. The molecule has 2 atom stereocenters. The molecule has 0 spiro atoms. The van der Waals surface area contributed by atoms with E-state index >= 15 is 0 Å². The van der Waals surface area contributed by atoms with Gasteiger partial charge in [-0.15, -0.1) is 24.0 Å². The van der Waals surface area contributed by atoms with Crippen LogP contribution < -0.4 is 10.6 Å². The van der Waals surface area contributed by atoms with Crippen LogP contribution in [0.15, 0.2) is 4.99 Å². The van der Waals surface area contributed by atoms with Crippen LogP contribution in [0.3, 0.4) is 0 Å². The van der Waals surface area contributed by atoms with Crippen LogP contribution in [0.2, 0.25) is 0 Å². The first-order valence-electron chi connectivity index (χ1n) is 6.37. The summed E-state index contributed by atoms with van der Waals surface area (Å²) in [4.78, 5) is 4.23. The lowest BCUT2D eigenvalue weighted by Crippen LogP contribution is -2.43. The maximum Gasteiger partial charge on any atom is 0.191 e. The predicted octanol–water partition coefficient (Wildman–Crippen LogP) is 2.09. The van der Waals surface area contributed by atoms with E-state index in [0.717, 1.165) is 31.0 Å². The fourth-order valence-corrected chi connectivity index (χ4v) is 2.86. The Morgan fingerprint density at radius 1 is 1.44 bits per heavy atom. The lowest BCUT2D eigenvalue weighted by molar-refractivity contribution is 0.152. The van der Waals surface area contributed by atoms with Crippen molar-refractivity contribution >= 4 is 41.7 Å². The van der Waals surface area contributed by atoms with Gasteiger partial charge in [-0.3, -0.25) is 4.99 Å². The van der Waals surface area contributed by atoms with Crippen LogP contribution >= 0.6 is 35.7 Å². The first-order valence-corrected chi connectivity index (χ1v) is 7.66. The van der Waals surface area contributed by atoms with Gasteiger partial charge in [-0.2, -0.15) is 11.8 Å². The molecule has 0 radical (unpaired) electrons. The summed E-state index contributed by atoms with van der Waals surface area (Å²) in [6.07, 6.45) is 6.00. The normalized spacial score (nSPS) is 23.6. The van der Waals surface area contributed by atoms with Crippen LogP contribution in [-0.2, 0) is 4.74 Å². The van der Waals surface area contributed by atoms with Gasteiger partial charge in [0.1, 0.15) is 0 Å². The molecule has 0 aromatic heterocycles. The minimum absolute atomic E-state index is 0. The average Bonchev–Trinajstić information content (AvgIpc) is 2.80. The molecule has 18 heavy (non-hydrogen) atoms. The van der Waals surface area contributed by atoms with Crippen molar-refractivity contribution in [2.75, 3.05) is 33.1 Å². The third-order valence-corrected chi connectivity index (χ3v) is 4.12. The highest BCUT2D eigenvalue weighted by Gasteiger charge is 2.24. The zero-order chi connectivity index (χ0) is 12.5. The largest absolute Gasteiger partial charge is 0.380 e. The lowest BCUT2D eigenvalue weighted by atomic mass is 10.2. The molecule has 0 aromatic rings. The van der Waals surface area contributed by atoms with E-state index in [0.29, 0.717) is 6.04 Å². The van der Waals surface area contributed by atoms with Crippen molar-refractivity contribution in [2.24, 2.45) is 4.99 Å². The summed E-state index contributed by atoms with van der Waals surface area (Å²) in [6, 6.07) is 0.575. The zero-order valence-corrected chi connectivity index (χ0v) is 14.7. The standard InChI is InChI=1S/C12H25N3OS.HI/c1-4-16-8-7-14-12(13-2)15-10-5-6-11(9-10)17-3;/h10-11H,4-9H2,1-3H3,(H2,13,14,15);1H. The third kappa shape index (κ3) is 7.04. The minimum Gasteiger partial charge on any atom is -0.380 e. The van der Waals surface area contributed by atoms with Crippen molar-refractivity contribution in [1.29, 1.82) is 0 Å². The molecule has 1 fully saturated rings. The van der Waals surface area contributed by atoms with E-state index in [2.05, 4.69) is 21.9 Å². The van der Waals surface area contributed by atoms with Gasteiger partial charge in [0.25, 0.3) is 0 Å². The van der Waals surface area contributed by atoms with Crippen molar-refractivity contribution < 1.29 is 4.74 Å². The number of nitrogens with one attached hydrogen (secondary N) is 2. The number of hydrogen-bond donors (Lipinski definition) is 2. The molecule has 0 heterocycles. The maximum atomic E-state index is 5.28. The molecule has 2 unspecified atom stereocenters. The number of aliphatic imine (C=N–C) groups is 1. The van der Waals surface area contributed by atoms with Crippen LogP contribution in [0.25, 0.3) is 0 Å². The molecule has 2 N–H and O–H groups in total. The molecule has 1 rings (SSSR count). The summed E-state index contributed by atoms with van der Waals surface area (Å²) in [6.45, 7) is 4.32. The molecule has 108 valence electrons.